The molecule has 0 radical (unpaired) electrons. The van der Waals surface area contributed by atoms with E-state index in [1.54, 1.807) is 13.4 Å². The first kappa shape index (κ1) is 14.4. The molecule has 1 N–H and O–H groups in total. The Morgan fingerprint density at radius 1 is 1.12 bits per heavy atom. The molecular formula is C18H17N5O. The Morgan fingerprint density at radius 2 is 2.00 bits per heavy atom. The fourth-order valence-corrected chi connectivity index (χ4v) is 2.79. The average Bonchev–Trinajstić information content (AvgIpc) is 3.20. The van der Waals surface area contributed by atoms with E-state index in [1.165, 1.54) is 0 Å². The van der Waals surface area contributed by atoms with E-state index in [9.17, 15) is 0 Å². The van der Waals surface area contributed by atoms with Crippen LogP contribution >= 0.6 is 0 Å². The number of nitrogens with zero attached hydrogens (tertiary/aromatic N) is 4. The van der Waals surface area contributed by atoms with Crippen molar-refractivity contribution < 1.29 is 4.74 Å². The maximum Gasteiger partial charge on any atom is 0.238 e. The quantitative estimate of drug-likeness (QED) is 0.628. The van der Waals surface area contributed by atoms with Crippen LogP contribution in [0.1, 0.15) is 11.4 Å². The summed E-state index contributed by atoms with van der Waals surface area (Å²) in [5, 5.41) is 8.37. The number of imidazole rings is 1. The lowest BCUT2D eigenvalue weighted by Crippen LogP contribution is -1.99. The van der Waals surface area contributed by atoms with Crippen LogP contribution in [0.2, 0.25) is 0 Å². The van der Waals surface area contributed by atoms with Crippen molar-refractivity contribution in [2.45, 2.75) is 13.8 Å². The monoisotopic (exact) mass is 319 g/mol. The first-order valence-corrected chi connectivity index (χ1v) is 7.67. The van der Waals surface area contributed by atoms with Gasteiger partial charge in [-0.2, -0.15) is 5.10 Å². The Labute approximate surface area is 139 Å². The summed E-state index contributed by atoms with van der Waals surface area (Å²) in [5.41, 5.74) is 5.69. The summed E-state index contributed by atoms with van der Waals surface area (Å²) in [6, 6.07) is 10.1. The molecule has 1 aromatic carbocycles. The SMILES string of the molecule is COc1nc(-c2ccc3n[nH]c(C)c3c2)ccc1-n1cnc(C)c1. The maximum atomic E-state index is 5.49. The number of aromatic amines is 1. The van der Waals surface area contributed by atoms with E-state index in [0.29, 0.717) is 5.88 Å². The highest BCUT2D eigenvalue weighted by molar-refractivity contribution is 5.86. The normalized spacial score (nSPS) is 11.1. The number of nitrogens with one attached hydrogen (secondary N) is 1. The summed E-state index contributed by atoms with van der Waals surface area (Å²) in [6.07, 6.45) is 3.70. The molecule has 4 rings (SSSR count). The van der Waals surface area contributed by atoms with Crippen LogP contribution in [0.3, 0.4) is 0 Å². The zero-order valence-electron chi connectivity index (χ0n) is 13.7. The van der Waals surface area contributed by atoms with E-state index in [0.717, 1.165) is 39.2 Å². The summed E-state index contributed by atoms with van der Waals surface area (Å²) < 4.78 is 7.40. The second-order valence-electron chi connectivity index (χ2n) is 5.73. The molecule has 0 aliphatic heterocycles. The average molecular weight is 319 g/mol. The van der Waals surface area contributed by atoms with Crippen molar-refractivity contribution in [3.63, 3.8) is 0 Å². The third-order valence-electron chi connectivity index (χ3n) is 4.06. The Hall–Kier alpha value is -3.15. The highest BCUT2D eigenvalue weighted by atomic mass is 16.5. The minimum atomic E-state index is 0.564. The fourth-order valence-electron chi connectivity index (χ4n) is 2.79. The summed E-state index contributed by atoms with van der Waals surface area (Å²) in [6.45, 7) is 3.96. The molecule has 120 valence electrons. The zero-order valence-corrected chi connectivity index (χ0v) is 13.7. The van der Waals surface area contributed by atoms with Crippen molar-refractivity contribution in [3.05, 3.63) is 54.2 Å². The smallest absolute Gasteiger partial charge is 0.238 e. The Balaban J connectivity index is 1.81. The second-order valence-corrected chi connectivity index (χ2v) is 5.73. The molecule has 3 heterocycles. The largest absolute Gasteiger partial charge is 0.479 e. The topological polar surface area (TPSA) is 68.6 Å². The highest BCUT2D eigenvalue weighted by Gasteiger charge is 2.11. The minimum Gasteiger partial charge on any atom is -0.479 e. The molecule has 0 unspecified atom stereocenters. The number of ether oxygens (including phenoxy) is 1. The number of aryl methyl sites for hydroxylation is 2. The molecule has 0 aliphatic rings. The van der Waals surface area contributed by atoms with Gasteiger partial charge in [-0.25, -0.2) is 9.97 Å². The number of hydrogen-bond donors (Lipinski definition) is 1. The number of benzene rings is 1. The van der Waals surface area contributed by atoms with Gasteiger partial charge in [0.2, 0.25) is 5.88 Å². The van der Waals surface area contributed by atoms with Crippen LogP contribution in [0, 0.1) is 13.8 Å². The van der Waals surface area contributed by atoms with E-state index < -0.39 is 0 Å². The first-order valence-electron chi connectivity index (χ1n) is 7.67. The van der Waals surface area contributed by atoms with Gasteiger partial charge in [-0.3, -0.25) is 5.10 Å². The van der Waals surface area contributed by atoms with Gasteiger partial charge >= 0.3 is 0 Å². The van der Waals surface area contributed by atoms with Crippen molar-refractivity contribution >= 4 is 10.9 Å². The number of aromatic nitrogens is 5. The van der Waals surface area contributed by atoms with E-state index in [4.69, 9.17) is 4.74 Å². The van der Waals surface area contributed by atoms with Gasteiger partial charge < -0.3 is 9.30 Å². The Kier molecular flexibility index (Phi) is 3.30. The van der Waals surface area contributed by atoms with Crippen LogP contribution < -0.4 is 4.74 Å². The number of H-pyrrole nitrogens is 1. The summed E-state index contributed by atoms with van der Waals surface area (Å²) in [4.78, 5) is 8.92. The van der Waals surface area contributed by atoms with Gasteiger partial charge in [0.25, 0.3) is 0 Å². The zero-order chi connectivity index (χ0) is 16.7. The van der Waals surface area contributed by atoms with E-state index in [1.807, 2.05) is 48.9 Å². The van der Waals surface area contributed by atoms with Crippen LogP contribution in [0.5, 0.6) is 5.88 Å². The van der Waals surface area contributed by atoms with Gasteiger partial charge in [0.05, 0.1) is 30.3 Å². The minimum absolute atomic E-state index is 0.564. The lowest BCUT2D eigenvalue weighted by Gasteiger charge is -2.10. The summed E-state index contributed by atoms with van der Waals surface area (Å²) in [7, 11) is 1.63. The lowest BCUT2D eigenvalue weighted by molar-refractivity contribution is 0.396. The molecule has 3 aromatic heterocycles. The van der Waals surface area contributed by atoms with Crippen LogP contribution in [0.4, 0.5) is 0 Å². The third-order valence-corrected chi connectivity index (χ3v) is 4.06. The molecule has 0 saturated carbocycles. The lowest BCUT2D eigenvalue weighted by atomic mass is 10.1. The molecule has 0 atom stereocenters. The molecule has 0 spiro atoms. The van der Waals surface area contributed by atoms with Gasteiger partial charge in [-0.1, -0.05) is 6.07 Å². The third kappa shape index (κ3) is 2.32. The standard InChI is InChI=1S/C18H17N5O/c1-11-9-23(10-19-11)17-7-6-15(20-18(17)24-3)13-4-5-16-14(8-13)12(2)21-22-16/h4-10H,1-3H3,(H,21,22). The van der Waals surface area contributed by atoms with Crippen LogP contribution in [-0.2, 0) is 0 Å². The van der Waals surface area contributed by atoms with Crippen LogP contribution in [0.25, 0.3) is 27.8 Å². The van der Waals surface area contributed by atoms with Crippen molar-refractivity contribution in [1.82, 2.24) is 24.7 Å². The molecule has 0 fully saturated rings. The second kappa shape index (κ2) is 5.49. The van der Waals surface area contributed by atoms with Gasteiger partial charge in [0.15, 0.2) is 0 Å². The molecule has 24 heavy (non-hydrogen) atoms. The molecule has 4 aromatic rings. The molecule has 0 aliphatic carbocycles. The summed E-state index contributed by atoms with van der Waals surface area (Å²) >= 11 is 0. The number of methoxy groups -OCH3 is 1. The molecule has 0 bridgehead atoms. The predicted molar refractivity (Wildman–Crippen MR) is 92.5 cm³/mol. The Morgan fingerprint density at radius 3 is 2.75 bits per heavy atom. The predicted octanol–water partition coefficient (Wildman–Crippen LogP) is 3.44. The van der Waals surface area contributed by atoms with Crippen molar-refractivity contribution in [2.24, 2.45) is 0 Å². The molecular weight excluding hydrogens is 302 g/mol. The molecule has 0 amide bonds. The van der Waals surface area contributed by atoms with Gasteiger partial charge in [0, 0.05) is 22.8 Å². The van der Waals surface area contributed by atoms with Crippen molar-refractivity contribution in [1.29, 1.82) is 0 Å². The van der Waals surface area contributed by atoms with Crippen LogP contribution in [-0.4, -0.2) is 31.8 Å². The summed E-state index contributed by atoms with van der Waals surface area (Å²) in [5.74, 6) is 0.564. The van der Waals surface area contributed by atoms with Crippen LogP contribution in [0.15, 0.2) is 42.9 Å². The highest BCUT2D eigenvalue weighted by Crippen LogP contribution is 2.28. The molecule has 6 heteroatoms. The number of hydrogen-bond acceptors (Lipinski definition) is 4. The van der Waals surface area contributed by atoms with Crippen molar-refractivity contribution in [2.75, 3.05) is 7.11 Å². The Bertz CT molecular complexity index is 1030. The molecule has 6 nitrogen and oxygen atoms in total. The first-order chi connectivity index (χ1) is 11.7. The maximum absolute atomic E-state index is 5.49. The van der Waals surface area contributed by atoms with Crippen molar-refractivity contribution in [3.8, 4) is 22.8 Å². The number of pyridine rings is 1. The van der Waals surface area contributed by atoms with Gasteiger partial charge in [-0.05, 0) is 38.1 Å². The van der Waals surface area contributed by atoms with E-state index >= 15 is 0 Å². The van der Waals surface area contributed by atoms with Gasteiger partial charge in [-0.15, -0.1) is 0 Å². The van der Waals surface area contributed by atoms with E-state index in [2.05, 4.69) is 26.2 Å². The number of rotatable bonds is 3. The van der Waals surface area contributed by atoms with E-state index in [-0.39, 0.29) is 0 Å². The number of fused-ring (bicyclic) bond motifs is 1. The fraction of sp³-hybridized carbons (Fsp3) is 0.167. The van der Waals surface area contributed by atoms with Gasteiger partial charge in [0.1, 0.15) is 5.69 Å². The molecule has 0 saturated heterocycles.